The third-order valence-electron chi connectivity index (χ3n) is 2.27. The fraction of sp³-hybridized carbons (Fsp3) is 0.909. The molecule has 18 heavy (non-hydrogen) atoms. The van der Waals surface area contributed by atoms with Crippen LogP contribution in [-0.4, -0.2) is 56.8 Å². The number of hydrogen-bond acceptors (Lipinski definition) is 4. The molecule has 7 heteroatoms. The van der Waals surface area contributed by atoms with Crippen LogP contribution in [0.3, 0.4) is 0 Å². The molecule has 0 bridgehead atoms. The van der Waals surface area contributed by atoms with Crippen LogP contribution in [0.25, 0.3) is 0 Å². The van der Waals surface area contributed by atoms with E-state index in [4.69, 9.17) is 5.11 Å². The van der Waals surface area contributed by atoms with Crippen molar-refractivity contribution < 1.29 is 18.3 Å². The number of rotatable bonds is 9. The second-order valence-electron chi connectivity index (χ2n) is 5.17. The highest BCUT2D eigenvalue weighted by molar-refractivity contribution is 7.89. The summed E-state index contributed by atoms with van der Waals surface area (Å²) in [5, 5.41) is 8.50. The van der Waals surface area contributed by atoms with Gasteiger partial charge in [0, 0.05) is 12.6 Å². The number of likely N-dealkylation sites (N-methyl/N-ethyl adjacent to an activating group) is 1. The Morgan fingerprint density at radius 1 is 1.33 bits per heavy atom. The van der Waals surface area contributed by atoms with E-state index in [9.17, 15) is 13.2 Å². The average Bonchev–Trinajstić information content (AvgIpc) is 2.11. The van der Waals surface area contributed by atoms with Crippen LogP contribution >= 0.6 is 0 Å². The molecule has 0 rings (SSSR count). The number of hydrogen-bond donors (Lipinski definition) is 2. The van der Waals surface area contributed by atoms with Crippen molar-refractivity contribution in [1.29, 1.82) is 0 Å². The Kier molecular flexibility index (Phi) is 7.42. The van der Waals surface area contributed by atoms with Crippen molar-refractivity contribution in [3.8, 4) is 0 Å². The van der Waals surface area contributed by atoms with Gasteiger partial charge in [0.2, 0.25) is 10.0 Å². The van der Waals surface area contributed by atoms with Gasteiger partial charge in [-0.25, -0.2) is 13.1 Å². The Morgan fingerprint density at radius 2 is 1.89 bits per heavy atom. The third-order valence-corrected chi connectivity index (χ3v) is 3.71. The second-order valence-corrected chi connectivity index (χ2v) is 7.04. The molecule has 0 heterocycles. The summed E-state index contributed by atoms with van der Waals surface area (Å²) in [6.07, 6.45) is 0.357. The van der Waals surface area contributed by atoms with Crippen molar-refractivity contribution in [2.75, 3.05) is 26.4 Å². The van der Waals surface area contributed by atoms with E-state index in [0.29, 0.717) is 12.5 Å². The van der Waals surface area contributed by atoms with Gasteiger partial charge in [-0.05, 0) is 26.4 Å². The van der Waals surface area contributed by atoms with Gasteiger partial charge in [0.05, 0.1) is 12.2 Å². The number of aliphatic carboxylic acids is 1. The van der Waals surface area contributed by atoms with E-state index in [0.717, 1.165) is 6.42 Å². The highest BCUT2D eigenvalue weighted by atomic mass is 32.2. The number of carbonyl (C=O) groups is 1. The van der Waals surface area contributed by atoms with Crippen molar-refractivity contribution in [1.82, 2.24) is 9.62 Å². The summed E-state index contributed by atoms with van der Waals surface area (Å²) in [6.45, 7) is 4.65. The fourth-order valence-electron chi connectivity index (χ4n) is 1.70. The molecule has 0 aliphatic rings. The van der Waals surface area contributed by atoms with Crippen molar-refractivity contribution in [3.63, 3.8) is 0 Å². The molecular weight excluding hydrogens is 256 g/mol. The summed E-state index contributed by atoms with van der Waals surface area (Å²) in [6, 6.07) is -0.182. The van der Waals surface area contributed by atoms with Crippen LogP contribution in [0.2, 0.25) is 0 Å². The molecule has 0 aliphatic carbocycles. The molecule has 0 fully saturated rings. The lowest BCUT2D eigenvalue weighted by Crippen LogP contribution is -2.43. The summed E-state index contributed by atoms with van der Waals surface area (Å²) in [5.74, 6) is -1.10. The van der Waals surface area contributed by atoms with Crippen LogP contribution in [0.1, 0.15) is 26.7 Å². The van der Waals surface area contributed by atoms with E-state index in [1.165, 1.54) is 0 Å². The minimum Gasteiger partial charge on any atom is -0.481 e. The zero-order valence-corrected chi connectivity index (χ0v) is 12.3. The molecule has 108 valence electrons. The standard InChI is InChI=1S/C11H24N2O4S/c1-9(2)7-10(8-13(3)4)12-18(16,17)6-5-11(14)15/h9-10,12H,5-8H2,1-4H3,(H,14,15). The maximum atomic E-state index is 11.7. The summed E-state index contributed by atoms with van der Waals surface area (Å²) in [5.41, 5.74) is 0. The zero-order valence-electron chi connectivity index (χ0n) is 11.5. The molecule has 2 N–H and O–H groups in total. The Bertz CT molecular complexity index is 342. The van der Waals surface area contributed by atoms with Crippen molar-refractivity contribution in [2.45, 2.75) is 32.7 Å². The van der Waals surface area contributed by atoms with Crippen LogP contribution in [0, 0.1) is 5.92 Å². The molecule has 0 aromatic carbocycles. The van der Waals surface area contributed by atoms with Crippen molar-refractivity contribution >= 4 is 16.0 Å². The number of sulfonamides is 1. The monoisotopic (exact) mass is 280 g/mol. The maximum absolute atomic E-state index is 11.7. The van der Waals surface area contributed by atoms with E-state index in [-0.39, 0.29) is 18.2 Å². The van der Waals surface area contributed by atoms with Gasteiger partial charge in [-0.2, -0.15) is 0 Å². The lowest BCUT2D eigenvalue weighted by molar-refractivity contribution is -0.136. The first kappa shape index (κ1) is 17.3. The van der Waals surface area contributed by atoms with Crippen LogP contribution < -0.4 is 4.72 Å². The first-order valence-corrected chi connectivity index (χ1v) is 7.64. The molecule has 0 saturated carbocycles. The van der Waals surface area contributed by atoms with E-state index < -0.39 is 16.0 Å². The number of nitrogens with zero attached hydrogens (tertiary/aromatic N) is 1. The van der Waals surface area contributed by atoms with Gasteiger partial charge in [-0.15, -0.1) is 0 Å². The number of carboxylic acid groups (broad SMARTS) is 1. The second kappa shape index (κ2) is 7.70. The predicted molar refractivity (Wildman–Crippen MR) is 71.0 cm³/mol. The smallest absolute Gasteiger partial charge is 0.304 e. The summed E-state index contributed by atoms with van der Waals surface area (Å²) >= 11 is 0. The molecule has 0 saturated heterocycles. The Hall–Kier alpha value is -0.660. The third kappa shape index (κ3) is 9.38. The average molecular weight is 280 g/mol. The van der Waals surface area contributed by atoms with E-state index in [1.54, 1.807) is 0 Å². The Morgan fingerprint density at radius 3 is 2.28 bits per heavy atom. The van der Waals surface area contributed by atoms with Crippen molar-refractivity contribution in [3.05, 3.63) is 0 Å². The highest BCUT2D eigenvalue weighted by Crippen LogP contribution is 2.07. The first-order valence-electron chi connectivity index (χ1n) is 5.99. The lowest BCUT2D eigenvalue weighted by atomic mass is 10.0. The van der Waals surface area contributed by atoms with Crippen LogP contribution in [0.5, 0.6) is 0 Å². The maximum Gasteiger partial charge on any atom is 0.304 e. The van der Waals surface area contributed by atoms with Crippen LogP contribution in [0.4, 0.5) is 0 Å². The fourth-order valence-corrected chi connectivity index (χ4v) is 2.94. The Labute approximate surface area is 109 Å². The molecule has 0 radical (unpaired) electrons. The summed E-state index contributed by atoms with van der Waals surface area (Å²) in [7, 11) is 0.223. The molecule has 0 aromatic heterocycles. The quantitative estimate of drug-likeness (QED) is 0.636. The highest BCUT2D eigenvalue weighted by Gasteiger charge is 2.20. The van der Waals surface area contributed by atoms with E-state index >= 15 is 0 Å². The minimum atomic E-state index is -3.52. The van der Waals surface area contributed by atoms with Gasteiger partial charge in [-0.1, -0.05) is 13.8 Å². The number of nitrogens with one attached hydrogen (secondary N) is 1. The van der Waals surface area contributed by atoms with Gasteiger partial charge in [0.15, 0.2) is 0 Å². The topological polar surface area (TPSA) is 86.7 Å². The van der Waals surface area contributed by atoms with E-state index in [1.807, 2.05) is 32.8 Å². The predicted octanol–water partition coefficient (Wildman–Crippen LogP) is 0.357. The summed E-state index contributed by atoms with van der Waals surface area (Å²) in [4.78, 5) is 12.3. The first-order chi connectivity index (χ1) is 8.12. The normalized spacial score (nSPS) is 14.1. The molecule has 1 unspecified atom stereocenters. The van der Waals surface area contributed by atoms with Gasteiger partial charge in [0.1, 0.15) is 0 Å². The van der Waals surface area contributed by atoms with Gasteiger partial charge in [-0.3, -0.25) is 4.79 Å². The molecule has 0 amide bonds. The van der Waals surface area contributed by atoms with Gasteiger partial charge < -0.3 is 10.0 Å². The van der Waals surface area contributed by atoms with Crippen LogP contribution in [0.15, 0.2) is 0 Å². The molecular formula is C11H24N2O4S. The molecule has 0 aromatic rings. The van der Waals surface area contributed by atoms with Gasteiger partial charge >= 0.3 is 5.97 Å². The largest absolute Gasteiger partial charge is 0.481 e. The zero-order chi connectivity index (χ0) is 14.3. The lowest BCUT2D eigenvalue weighted by Gasteiger charge is -2.23. The molecule has 0 aliphatic heterocycles. The molecule has 0 spiro atoms. The summed E-state index contributed by atoms with van der Waals surface area (Å²) < 4.78 is 26.0. The van der Waals surface area contributed by atoms with Crippen molar-refractivity contribution in [2.24, 2.45) is 5.92 Å². The van der Waals surface area contributed by atoms with Crippen LogP contribution in [-0.2, 0) is 14.8 Å². The number of carboxylic acids is 1. The Balaban J connectivity index is 4.49. The van der Waals surface area contributed by atoms with Gasteiger partial charge in [0.25, 0.3) is 0 Å². The van der Waals surface area contributed by atoms with E-state index in [2.05, 4.69) is 4.72 Å². The molecule has 1 atom stereocenters. The molecule has 6 nitrogen and oxygen atoms in total. The SMILES string of the molecule is CC(C)CC(CN(C)C)NS(=O)(=O)CCC(=O)O. The minimum absolute atomic E-state index is 0.182.